The van der Waals surface area contributed by atoms with Crippen LogP contribution in [0, 0.1) is 36.0 Å². The van der Waals surface area contributed by atoms with Crippen LogP contribution in [0.3, 0.4) is 0 Å². The summed E-state index contributed by atoms with van der Waals surface area (Å²) in [6, 6.07) is 88.0. The lowest BCUT2D eigenvalue weighted by Crippen LogP contribution is -2.60. The number of hydrogen-bond acceptors (Lipinski definition) is 0. The van der Waals surface area contributed by atoms with E-state index < -0.39 is 0 Å². The maximum absolute atomic E-state index is 6.87. The van der Waals surface area contributed by atoms with Crippen LogP contribution in [0.5, 0.6) is 0 Å². The van der Waals surface area contributed by atoms with Gasteiger partial charge in [0.15, 0.2) is 0 Å². The summed E-state index contributed by atoms with van der Waals surface area (Å²) in [5, 5.41) is 1.51. The molecular formula is C140H156B4Cl2. The van der Waals surface area contributed by atoms with Crippen LogP contribution in [-0.2, 0) is 65.0 Å². The van der Waals surface area contributed by atoms with Crippen molar-refractivity contribution in [3.8, 4) is 36.0 Å². The molecule has 0 saturated carbocycles. The van der Waals surface area contributed by atoms with Gasteiger partial charge in [-0.1, -0.05) is 568 Å². The molecule has 4 heterocycles. The maximum Gasteiger partial charge on any atom is 0.243 e. The molecule has 13 aromatic rings. The minimum atomic E-state index is -0.150. The molecule has 0 fully saturated rings. The first-order valence-corrected chi connectivity index (χ1v) is 53.9. The summed E-state index contributed by atoms with van der Waals surface area (Å²) < 4.78 is 0. The lowest BCUT2D eigenvalue weighted by Gasteiger charge is -2.37. The normalized spacial score (nSPS) is 13.7. The second-order valence-corrected chi connectivity index (χ2v) is 55.1. The molecule has 0 saturated heterocycles. The highest BCUT2D eigenvalue weighted by molar-refractivity contribution is 7.00. The van der Waals surface area contributed by atoms with Crippen LogP contribution < -0.4 is 65.6 Å². The standard InChI is InChI=1S/C74H80B2.C58H70B2Cl2.C8H6/c1-69(2,3)57-45-59(71(7,8)9)67(60(46-57)72(10,11)12)75-63-39-33-51(31-29-49-25-21-19-22-26-49)41-53(63)35-37-55-44-66-56(43-65(55)75)38-36-54-42-52(32-30-50-27-23-20-24-28-50)34-40-64(54)76(66)68-61(73(13,14)15)47-58(70(4,5)6)48-62(68)74(16,17)18;1-53(2,3)39-31-43(55(7,8)9)51(44(32-39)56(10,11)12)59-47-25-23-41(61)27-35(47)19-21-37-30-50-38(29-49(37)59)22-20-36-28-42(62)24-26-48(36)60(50)52-45(57(13,14)15)33-40(54(4,5)6)34-46(52)58(16,17)18;1-2-8-6-4-3-5-7-8/h19-28,33-48H,1-18H3;19-34H,1-18H3;1,3-7H. The van der Waals surface area contributed by atoms with Crippen molar-refractivity contribution < 1.29 is 0 Å². The van der Waals surface area contributed by atoms with E-state index in [9.17, 15) is 0 Å². The minimum Gasteiger partial charge on any atom is -0.115 e. The van der Waals surface area contributed by atoms with Crippen LogP contribution >= 0.6 is 23.2 Å². The number of rotatable bonds is 4. The second kappa shape index (κ2) is 40.1. The van der Waals surface area contributed by atoms with E-state index in [-0.39, 0.29) is 91.8 Å². The van der Waals surface area contributed by atoms with E-state index in [1.807, 2.05) is 42.5 Å². The van der Waals surface area contributed by atoms with E-state index >= 15 is 0 Å². The van der Waals surface area contributed by atoms with Gasteiger partial charge in [-0.25, -0.2) is 0 Å². The molecule has 0 atom stereocenters. The third-order valence-corrected chi connectivity index (χ3v) is 30.6. The van der Waals surface area contributed by atoms with Gasteiger partial charge < -0.3 is 0 Å². The number of terminal acetylenes is 1. The van der Waals surface area contributed by atoms with E-state index in [1.165, 1.54) is 177 Å². The van der Waals surface area contributed by atoms with E-state index in [2.05, 4.69) is 522 Å². The van der Waals surface area contributed by atoms with Gasteiger partial charge in [0.05, 0.1) is 0 Å². The Hall–Kier alpha value is -11.7. The topological polar surface area (TPSA) is 0 Å². The van der Waals surface area contributed by atoms with Crippen molar-refractivity contribution in [2.24, 2.45) is 0 Å². The van der Waals surface area contributed by atoms with Crippen molar-refractivity contribution >= 4 is 164 Å². The highest BCUT2D eigenvalue weighted by atomic mass is 35.5. The molecule has 4 aliphatic heterocycles. The van der Waals surface area contributed by atoms with Gasteiger partial charge >= 0.3 is 0 Å². The van der Waals surface area contributed by atoms with Gasteiger partial charge in [-0.3, -0.25) is 0 Å². The fourth-order valence-corrected chi connectivity index (χ4v) is 22.4. The first kappa shape index (κ1) is 109. The van der Waals surface area contributed by atoms with Gasteiger partial charge in [0.1, 0.15) is 0 Å². The largest absolute Gasteiger partial charge is 0.243 e. The predicted molar refractivity (Wildman–Crippen MR) is 652 cm³/mol. The third kappa shape index (κ3) is 23.4. The monoisotopic (exact) mass is 1950 g/mol. The molecule has 0 N–H and O–H groups in total. The van der Waals surface area contributed by atoms with Crippen LogP contribution in [0.1, 0.15) is 388 Å². The summed E-state index contributed by atoms with van der Waals surface area (Å²) in [7, 11) is 0. The summed E-state index contributed by atoms with van der Waals surface area (Å²) in [6.45, 7) is 85.6. The first-order valence-electron chi connectivity index (χ1n) is 53.1. The molecule has 13 aromatic carbocycles. The van der Waals surface area contributed by atoms with Gasteiger partial charge in [0, 0.05) is 37.9 Å². The second-order valence-electron chi connectivity index (χ2n) is 54.2. The highest BCUT2D eigenvalue weighted by Gasteiger charge is 2.46. The van der Waals surface area contributed by atoms with Crippen molar-refractivity contribution in [3.63, 3.8) is 0 Å². The Morgan fingerprint density at radius 3 is 0.541 bits per heavy atom. The Kier molecular flexibility index (Phi) is 29.8. The van der Waals surface area contributed by atoms with E-state index in [4.69, 9.17) is 29.6 Å². The van der Waals surface area contributed by atoms with Crippen LogP contribution in [0.15, 0.2) is 237 Å². The van der Waals surface area contributed by atoms with Crippen molar-refractivity contribution in [3.05, 3.63) is 386 Å². The maximum atomic E-state index is 6.87. The highest BCUT2D eigenvalue weighted by Crippen LogP contribution is 2.42. The predicted octanol–water partition coefficient (Wildman–Crippen LogP) is 28.7. The molecule has 0 aromatic heterocycles. The molecule has 0 radical (unpaired) electrons. The van der Waals surface area contributed by atoms with Crippen molar-refractivity contribution in [2.75, 3.05) is 0 Å². The Labute approximate surface area is 893 Å². The van der Waals surface area contributed by atoms with Gasteiger partial charge in [-0.2, -0.15) is 0 Å². The number of benzene rings is 13. The van der Waals surface area contributed by atoms with E-state index in [0.29, 0.717) is 0 Å². The van der Waals surface area contributed by atoms with Crippen LogP contribution in [0.4, 0.5) is 0 Å². The number of hydrogen-bond donors (Lipinski definition) is 0. The molecule has 146 heavy (non-hydrogen) atoms. The Balaban J connectivity index is 0.000000207. The Morgan fingerprint density at radius 1 is 0.178 bits per heavy atom. The quantitative estimate of drug-likeness (QED) is 0.122. The van der Waals surface area contributed by atoms with Gasteiger partial charge in [-0.15, -0.1) is 6.42 Å². The van der Waals surface area contributed by atoms with E-state index in [1.54, 1.807) is 0 Å². The molecule has 4 aliphatic rings. The summed E-state index contributed by atoms with van der Waals surface area (Å²) in [5.74, 6) is 16.6. The molecule has 17 rings (SSSR count). The molecule has 0 nitrogen and oxygen atoms in total. The lowest BCUT2D eigenvalue weighted by atomic mass is 9.31. The molecule has 0 spiro atoms. The summed E-state index contributed by atoms with van der Waals surface area (Å²) in [4.78, 5) is 0. The van der Waals surface area contributed by atoms with Crippen molar-refractivity contribution in [1.82, 2.24) is 0 Å². The Bertz CT molecular complexity index is 6960. The smallest absolute Gasteiger partial charge is 0.115 e. The van der Waals surface area contributed by atoms with Gasteiger partial charge in [0.2, 0.25) is 26.9 Å². The zero-order valence-corrected chi connectivity index (χ0v) is 96.3. The molecular weight excluding hydrogens is 1800 g/mol. The van der Waals surface area contributed by atoms with Crippen LogP contribution in [0.2, 0.25) is 10.0 Å². The number of halogens is 2. The molecule has 0 aliphatic carbocycles. The average molecular weight is 1950 g/mol. The summed E-state index contributed by atoms with van der Waals surface area (Å²) in [6.07, 6.45) is 24.1. The first-order chi connectivity index (χ1) is 67.7. The van der Waals surface area contributed by atoms with Crippen molar-refractivity contribution in [2.45, 2.75) is 314 Å². The zero-order valence-electron chi connectivity index (χ0n) is 94.8. The molecule has 742 valence electrons. The molecule has 0 bridgehead atoms. The SMILES string of the molecule is C#Cc1ccccc1.CC(C)(C)c1cc(C(C)(C)C)c(B2c3ccc(C#Cc4ccccc4)cc3C=Cc3cc4c(cc32)C=Cc2cc(C#Cc3ccccc3)ccc2B4c2c(C(C)(C)C)cc(C(C)(C)C)cc2C(C)(C)C)c(C(C)(C)C)c1.CC(C)(C)c1cc(C(C)(C)C)c(B2c3ccc(Cl)cc3C=Cc3cc4c(cc32)C=Cc2cc(Cl)ccc2B4c2c(C(C)(C)C)cc(C(C)(C)C)cc2C(C)(C)C)c(C(C)(C)C)c1. The fraction of sp³-hybridized carbons (Fsp3) is 0.343. The van der Waals surface area contributed by atoms with Crippen LogP contribution in [0.25, 0.3) is 48.6 Å². The zero-order chi connectivity index (χ0) is 107. The van der Waals surface area contributed by atoms with Gasteiger partial charge in [0.25, 0.3) is 0 Å². The summed E-state index contributed by atoms with van der Waals surface area (Å²) >= 11 is 13.7. The van der Waals surface area contributed by atoms with Crippen molar-refractivity contribution in [1.29, 1.82) is 0 Å². The molecule has 0 unspecified atom stereocenters. The average Bonchev–Trinajstić information content (AvgIpc) is 1.44. The molecule has 6 heteroatoms. The third-order valence-electron chi connectivity index (χ3n) is 30.1. The fourth-order valence-electron chi connectivity index (χ4n) is 22.0. The lowest BCUT2D eigenvalue weighted by molar-refractivity contribution is 0.552. The molecule has 0 amide bonds. The van der Waals surface area contributed by atoms with E-state index in [0.717, 1.165) is 37.9 Å². The number of fused-ring (bicyclic) bond motifs is 8. The van der Waals surface area contributed by atoms with Crippen LogP contribution in [-0.4, -0.2) is 26.9 Å². The minimum absolute atomic E-state index is 0.00912. The van der Waals surface area contributed by atoms with Gasteiger partial charge in [-0.05, 0) is 261 Å². The Morgan fingerprint density at radius 2 is 0.356 bits per heavy atom. The summed E-state index contributed by atoms with van der Waals surface area (Å²) in [5.41, 5.74) is 46.5.